The molecule has 38 heavy (non-hydrogen) atoms. The number of nitrogens with zero attached hydrogens (tertiary/aromatic N) is 1. The van der Waals surface area contributed by atoms with Crippen molar-refractivity contribution in [2.45, 2.75) is 58.3 Å². The molecule has 4 amide bonds. The number of aryl methyl sites for hydroxylation is 1. The van der Waals surface area contributed by atoms with Crippen LogP contribution in [0.3, 0.4) is 0 Å². The number of carbonyl (C=O) groups is 5. The number of ether oxygens (including phenoxy) is 1. The second-order valence-corrected chi connectivity index (χ2v) is 9.43. The van der Waals surface area contributed by atoms with Gasteiger partial charge in [-0.25, -0.2) is 4.79 Å². The molecule has 0 spiro atoms. The Morgan fingerprint density at radius 3 is 2.32 bits per heavy atom. The molecule has 1 heterocycles. The van der Waals surface area contributed by atoms with Crippen LogP contribution in [0.25, 0.3) is 11.1 Å². The molecule has 1 unspecified atom stereocenters. The van der Waals surface area contributed by atoms with Crippen LogP contribution in [0.4, 0.5) is 10.5 Å². The lowest BCUT2D eigenvalue weighted by atomic mass is 9.96. The summed E-state index contributed by atoms with van der Waals surface area (Å²) in [6, 6.07) is 11.6. The Labute approximate surface area is 220 Å². The average molecular weight is 522 g/mol. The highest BCUT2D eigenvalue weighted by Crippen LogP contribution is 2.46. The van der Waals surface area contributed by atoms with Crippen LogP contribution in [-0.2, 0) is 28.8 Å². The Hall–Kier alpha value is -4.21. The van der Waals surface area contributed by atoms with Crippen LogP contribution in [0.2, 0.25) is 0 Å². The smallest absolute Gasteiger partial charge is 0.432 e. The number of carbonyl (C=O) groups excluding carboxylic acids is 5. The van der Waals surface area contributed by atoms with E-state index in [0.29, 0.717) is 23.7 Å². The van der Waals surface area contributed by atoms with Gasteiger partial charge in [-0.1, -0.05) is 41.8 Å². The van der Waals surface area contributed by atoms with Crippen LogP contribution < -0.4 is 10.6 Å². The number of hydroxylamine groups is 2. The molecule has 1 atom stereocenters. The number of hydrogen-bond donors (Lipinski definition) is 2. The van der Waals surface area contributed by atoms with Gasteiger partial charge in [-0.3, -0.25) is 24.0 Å². The van der Waals surface area contributed by atoms with Gasteiger partial charge in [0.25, 0.3) is 11.8 Å². The van der Waals surface area contributed by atoms with Gasteiger partial charge in [0, 0.05) is 43.8 Å². The number of imide groups is 1. The van der Waals surface area contributed by atoms with Gasteiger partial charge in [0.2, 0.25) is 11.8 Å². The lowest BCUT2D eigenvalue weighted by Crippen LogP contribution is -2.32. The number of anilines is 1. The number of benzene rings is 2. The Bertz CT molecular complexity index is 1260. The van der Waals surface area contributed by atoms with Crippen molar-refractivity contribution >= 4 is 35.5 Å². The summed E-state index contributed by atoms with van der Waals surface area (Å²) >= 11 is 0. The third-order valence-corrected chi connectivity index (χ3v) is 6.50. The van der Waals surface area contributed by atoms with Crippen LogP contribution in [0.15, 0.2) is 36.4 Å². The molecule has 1 aliphatic carbocycles. The Morgan fingerprint density at radius 2 is 1.61 bits per heavy atom. The molecule has 0 radical (unpaired) electrons. The van der Waals surface area contributed by atoms with E-state index in [1.807, 2.05) is 50.2 Å². The van der Waals surface area contributed by atoms with Gasteiger partial charge in [0.1, 0.15) is 6.61 Å². The fourth-order valence-electron chi connectivity index (χ4n) is 4.63. The Kier molecular flexibility index (Phi) is 8.40. The van der Waals surface area contributed by atoms with Gasteiger partial charge in [0.15, 0.2) is 0 Å². The summed E-state index contributed by atoms with van der Waals surface area (Å²) < 4.78 is 5.33. The zero-order valence-electron chi connectivity index (χ0n) is 21.5. The second kappa shape index (κ2) is 11.9. The number of rotatable bonds is 10. The van der Waals surface area contributed by atoms with E-state index in [9.17, 15) is 24.0 Å². The molecule has 2 aliphatic rings. The van der Waals surface area contributed by atoms with Gasteiger partial charge in [-0.2, -0.15) is 0 Å². The third-order valence-electron chi connectivity index (χ3n) is 6.50. The summed E-state index contributed by atoms with van der Waals surface area (Å²) in [6.45, 7) is 4.49. The van der Waals surface area contributed by atoms with Crippen molar-refractivity contribution in [2.24, 2.45) is 0 Å². The molecule has 2 aromatic rings. The first-order valence-electron chi connectivity index (χ1n) is 12.8. The third kappa shape index (κ3) is 6.19. The summed E-state index contributed by atoms with van der Waals surface area (Å²) in [5, 5.41) is 6.13. The Morgan fingerprint density at radius 1 is 0.947 bits per heavy atom. The van der Waals surface area contributed by atoms with Gasteiger partial charge in [-0.15, -0.1) is 0 Å². The van der Waals surface area contributed by atoms with E-state index < -0.39 is 18.0 Å². The summed E-state index contributed by atoms with van der Waals surface area (Å²) in [4.78, 5) is 64.8. The molecule has 0 bridgehead atoms. The first-order valence-corrected chi connectivity index (χ1v) is 12.8. The molecule has 10 heteroatoms. The number of hydrogen-bond acceptors (Lipinski definition) is 7. The van der Waals surface area contributed by atoms with Crippen molar-refractivity contribution < 1.29 is 33.5 Å². The maximum Gasteiger partial charge on any atom is 0.533 e. The fraction of sp³-hybridized carbons (Fsp3) is 0.393. The first-order chi connectivity index (χ1) is 18.3. The van der Waals surface area contributed by atoms with Crippen molar-refractivity contribution in [3.63, 3.8) is 0 Å². The molecule has 2 N–H and O–H groups in total. The lowest BCUT2D eigenvalue weighted by molar-refractivity contribution is -0.177. The molecule has 1 fully saturated rings. The summed E-state index contributed by atoms with van der Waals surface area (Å²) in [5.41, 5.74) is 5.40. The van der Waals surface area contributed by atoms with Crippen LogP contribution >= 0.6 is 0 Å². The zero-order valence-corrected chi connectivity index (χ0v) is 21.5. The van der Waals surface area contributed by atoms with Crippen LogP contribution in [0.5, 0.6) is 0 Å². The lowest BCUT2D eigenvalue weighted by Gasteiger charge is -2.17. The molecule has 2 aromatic carbocycles. The minimum Gasteiger partial charge on any atom is -0.432 e. The van der Waals surface area contributed by atoms with Crippen LogP contribution in [-0.4, -0.2) is 48.0 Å². The SMILES string of the molecule is CCCNC(=O)CCCC(=O)Nc1ccc2c(c1)C(COC(=O)ON1C(=O)CCC1=O)c1cc(C)ccc1-2. The summed E-state index contributed by atoms with van der Waals surface area (Å²) in [7, 11) is 0. The van der Waals surface area contributed by atoms with Gasteiger partial charge < -0.3 is 15.4 Å². The van der Waals surface area contributed by atoms with Gasteiger partial charge in [0.05, 0.1) is 0 Å². The predicted molar refractivity (Wildman–Crippen MR) is 138 cm³/mol. The molecule has 1 saturated heterocycles. The van der Waals surface area contributed by atoms with E-state index >= 15 is 0 Å². The van der Waals surface area contributed by atoms with Crippen LogP contribution in [0, 0.1) is 6.92 Å². The van der Waals surface area contributed by atoms with Crippen molar-refractivity contribution in [1.29, 1.82) is 0 Å². The second-order valence-electron chi connectivity index (χ2n) is 9.43. The molecule has 0 aromatic heterocycles. The number of amides is 4. The molecular formula is C28H31N3O7. The molecule has 10 nitrogen and oxygen atoms in total. The quantitative estimate of drug-likeness (QED) is 0.357. The monoisotopic (exact) mass is 521 g/mol. The average Bonchev–Trinajstić information content (AvgIpc) is 3.36. The van der Waals surface area contributed by atoms with Gasteiger partial charge in [-0.05, 0) is 54.2 Å². The highest BCUT2D eigenvalue weighted by Gasteiger charge is 2.35. The molecule has 0 saturated carbocycles. The summed E-state index contributed by atoms with van der Waals surface area (Å²) in [5.74, 6) is -1.76. The predicted octanol–water partition coefficient (Wildman–Crippen LogP) is 3.96. The maximum atomic E-state index is 12.5. The van der Waals surface area contributed by atoms with Crippen molar-refractivity contribution in [2.75, 3.05) is 18.5 Å². The van der Waals surface area contributed by atoms with Crippen molar-refractivity contribution in [3.05, 3.63) is 53.1 Å². The fourth-order valence-corrected chi connectivity index (χ4v) is 4.63. The van der Waals surface area contributed by atoms with E-state index in [4.69, 9.17) is 9.57 Å². The number of nitrogens with one attached hydrogen (secondary N) is 2. The minimum atomic E-state index is -1.14. The van der Waals surface area contributed by atoms with E-state index in [1.165, 1.54) is 0 Å². The van der Waals surface area contributed by atoms with E-state index in [1.54, 1.807) is 0 Å². The molecule has 1 aliphatic heterocycles. The summed E-state index contributed by atoms with van der Waals surface area (Å²) in [6.07, 6.45) is 0.656. The Balaban J connectivity index is 1.43. The standard InChI is InChI=1S/C28H31N3O7/c1-3-13-29-24(32)5-4-6-25(33)30-18-8-10-20-19-9-7-17(2)14-21(19)23(22(20)15-18)16-37-28(36)38-31-26(34)11-12-27(31)35/h7-10,14-15,23H,3-6,11-13,16H2,1-2H3,(H,29,32)(H,30,33). The molecular weight excluding hydrogens is 490 g/mol. The van der Waals surface area contributed by atoms with E-state index in [2.05, 4.69) is 10.6 Å². The zero-order chi connectivity index (χ0) is 27.2. The largest absolute Gasteiger partial charge is 0.533 e. The van der Waals surface area contributed by atoms with Crippen molar-refractivity contribution in [3.8, 4) is 11.1 Å². The minimum absolute atomic E-state index is 0.00465. The maximum absolute atomic E-state index is 12.5. The van der Waals surface area contributed by atoms with Crippen molar-refractivity contribution in [1.82, 2.24) is 10.4 Å². The highest BCUT2D eigenvalue weighted by molar-refractivity contribution is 6.01. The van der Waals surface area contributed by atoms with Crippen LogP contribution in [0.1, 0.15) is 68.1 Å². The first kappa shape index (κ1) is 26.8. The van der Waals surface area contributed by atoms with E-state index in [-0.39, 0.29) is 50.0 Å². The highest BCUT2D eigenvalue weighted by atomic mass is 16.8. The topological polar surface area (TPSA) is 131 Å². The number of fused-ring (bicyclic) bond motifs is 3. The molecule has 200 valence electrons. The van der Waals surface area contributed by atoms with Gasteiger partial charge >= 0.3 is 6.16 Å². The molecule has 4 rings (SSSR count). The normalized spacial score (nSPS) is 15.6. The van der Waals surface area contributed by atoms with E-state index in [0.717, 1.165) is 34.2 Å².